The summed E-state index contributed by atoms with van der Waals surface area (Å²) < 4.78 is 7.07. The highest BCUT2D eigenvalue weighted by atomic mass is 16.5. The maximum absolute atomic E-state index is 6.07. The molecule has 5 heteroatoms. The van der Waals surface area contributed by atoms with Crippen LogP contribution in [0.4, 0.5) is 5.82 Å². The van der Waals surface area contributed by atoms with Gasteiger partial charge < -0.3 is 10.5 Å². The third-order valence-corrected chi connectivity index (χ3v) is 2.80. The molecule has 0 aliphatic carbocycles. The van der Waals surface area contributed by atoms with Gasteiger partial charge in [-0.05, 0) is 13.0 Å². The molecule has 0 bridgehead atoms. The first-order valence-corrected chi connectivity index (χ1v) is 6.03. The Morgan fingerprint density at radius 2 is 2.28 bits per heavy atom. The summed E-state index contributed by atoms with van der Waals surface area (Å²) in [6.07, 6.45) is 4.30. The van der Waals surface area contributed by atoms with Crippen molar-refractivity contribution < 1.29 is 4.74 Å². The lowest BCUT2D eigenvalue weighted by molar-refractivity contribution is 0.150. The van der Waals surface area contributed by atoms with Crippen LogP contribution in [0.1, 0.15) is 12.6 Å². The highest BCUT2D eigenvalue weighted by Crippen LogP contribution is 2.28. The molecule has 0 aliphatic rings. The fourth-order valence-corrected chi connectivity index (χ4v) is 1.91. The van der Waals surface area contributed by atoms with E-state index < -0.39 is 0 Å². The number of aryl methyl sites for hydroxylation is 1. The highest BCUT2D eigenvalue weighted by molar-refractivity contribution is 5.76. The third kappa shape index (κ3) is 2.51. The first-order valence-electron chi connectivity index (χ1n) is 6.03. The van der Waals surface area contributed by atoms with Crippen molar-refractivity contribution in [1.29, 1.82) is 0 Å². The molecule has 2 heterocycles. The number of pyridine rings is 1. The van der Waals surface area contributed by atoms with E-state index in [0.717, 1.165) is 23.2 Å². The van der Waals surface area contributed by atoms with Crippen LogP contribution >= 0.6 is 0 Å². The molecule has 0 amide bonds. The lowest BCUT2D eigenvalue weighted by Crippen LogP contribution is -2.00. The number of ether oxygens (including phenoxy) is 1. The monoisotopic (exact) mass is 246 g/mol. The molecule has 2 N–H and O–H groups in total. The molecule has 0 aliphatic heterocycles. The number of rotatable bonds is 5. The van der Waals surface area contributed by atoms with E-state index in [9.17, 15) is 0 Å². The largest absolute Gasteiger partial charge is 0.383 e. The Bertz CT molecular complexity index is 507. The lowest BCUT2D eigenvalue weighted by Gasteiger charge is -2.03. The summed E-state index contributed by atoms with van der Waals surface area (Å²) in [5, 5.41) is 4.44. The second-order valence-electron chi connectivity index (χ2n) is 4.02. The number of aromatic nitrogens is 3. The highest BCUT2D eigenvalue weighted by Gasteiger charge is 2.15. The summed E-state index contributed by atoms with van der Waals surface area (Å²) in [5.74, 6) is 0.662. The van der Waals surface area contributed by atoms with Crippen LogP contribution in [0.2, 0.25) is 0 Å². The Morgan fingerprint density at radius 3 is 2.94 bits per heavy atom. The van der Waals surface area contributed by atoms with Gasteiger partial charge in [-0.15, -0.1) is 0 Å². The minimum absolute atomic E-state index is 0.653. The molecule has 0 fully saturated rings. The zero-order chi connectivity index (χ0) is 13.0. The van der Waals surface area contributed by atoms with Crippen molar-refractivity contribution in [2.75, 3.05) is 18.9 Å². The van der Waals surface area contributed by atoms with Crippen LogP contribution in [0.3, 0.4) is 0 Å². The van der Waals surface area contributed by atoms with Gasteiger partial charge in [0, 0.05) is 43.6 Å². The first kappa shape index (κ1) is 12.6. The van der Waals surface area contributed by atoms with Crippen LogP contribution in [-0.4, -0.2) is 28.0 Å². The van der Waals surface area contributed by atoms with Crippen molar-refractivity contribution in [3.05, 3.63) is 30.2 Å². The molecule has 0 atom stereocenters. The molecule has 2 aromatic rings. The first-order chi connectivity index (χ1) is 8.74. The Balaban J connectivity index is 2.33. The van der Waals surface area contributed by atoms with Gasteiger partial charge in [-0.3, -0.25) is 9.67 Å². The summed E-state index contributed by atoms with van der Waals surface area (Å²) in [5.41, 5.74) is 8.98. The number of nitrogen functional groups attached to an aromatic ring is 1. The topological polar surface area (TPSA) is 66.0 Å². The molecular formula is C13H18N4O. The van der Waals surface area contributed by atoms with E-state index in [4.69, 9.17) is 10.5 Å². The van der Waals surface area contributed by atoms with E-state index in [1.54, 1.807) is 17.1 Å². The van der Waals surface area contributed by atoms with Gasteiger partial charge in [-0.1, -0.05) is 6.07 Å². The fourth-order valence-electron chi connectivity index (χ4n) is 1.91. The molecule has 0 spiro atoms. The molecule has 0 aromatic carbocycles. The van der Waals surface area contributed by atoms with E-state index in [-0.39, 0.29) is 0 Å². The number of nitrogens with two attached hydrogens (primary N) is 1. The molecule has 2 rings (SSSR count). The van der Waals surface area contributed by atoms with Crippen LogP contribution in [0.5, 0.6) is 0 Å². The number of nitrogens with zero attached hydrogens (tertiary/aromatic N) is 3. The van der Waals surface area contributed by atoms with Gasteiger partial charge in [0.05, 0.1) is 12.3 Å². The smallest absolute Gasteiger partial charge is 0.129 e. The van der Waals surface area contributed by atoms with Gasteiger partial charge in [-0.2, -0.15) is 5.10 Å². The minimum Gasteiger partial charge on any atom is -0.383 e. The molecule has 18 heavy (non-hydrogen) atoms. The Hall–Kier alpha value is -1.88. The second kappa shape index (κ2) is 5.64. The average molecular weight is 246 g/mol. The minimum atomic E-state index is 0.653. The summed E-state index contributed by atoms with van der Waals surface area (Å²) in [6, 6.07) is 3.89. The third-order valence-electron chi connectivity index (χ3n) is 2.80. The average Bonchev–Trinajstić information content (AvgIpc) is 2.67. The summed E-state index contributed by atoms with van der Waals surface area (Å²) in [7, 11) is 1.85. The summed E-state index contributed by atoms with van der Waals surface area (Å²) in [6.45, 7) is 3.35. The number of anilines is 1. The molecule has 96 valence electrons. The van der Waals surface area contributed by atoms with Crippen molar-refractivity contribution in [3.63, 3.8) is 0 Å². The second-order valence-corrected chi connectivity index (χ2v) is 4.02. The maximum atomic E-state index is 6.07. The van der Waals surface area contributed by atoms with Crippen LogP contribution in [0.25, 0.3) is 11.1 Å². The molecule has 0 saturated carbocycles. The van der Waals surface area contributed by atoms with Gasteiger partial charge >= 0.3 is 0 Å². The maximum Gasteiger partial charge on any atom is 0.129 e. The summed E-state index contributed by atoms with van der Waals surface area (Å²) in [4.78, 5) is 4.13. The molecule has 0 radical (unpaired) electrons. The van der Waals surface area contributed by atoms with Gasteiger partial charge in [-0.25, -0.2) is 0 Å². The number of hydrogen-bond donors (Lipinski definition) is 1. The normalized spacial score (nSPS) is 10.8. The predicted molar refractivity (Wildman–Crippen MR) is 71.0 cm³/mol. The van der Waals surface area contributed by atoms with Crippen molar-refractivity contribution >= 4 is 5.82 Å². The van der Waals surface area contributed by atoms with Crippen molar-refractivity contribution in [3.8, 4) is 11.1 Å². The molecule has 2 aromatic heterocycles. The molecule has 0 unspecified atom stereocenters. The van der Waals surface area contributed by atoms with Crippen molar-refractivity contribution in [2.45, 2.75) is 13.3 Å². The van der Waals surface area contributed by atoms with Gasteiger partial charge in [0.25, 0.3) is 0 Å². The fraction of sp³-hybridized carbons (Fsp3) is 0.385. The van der Waals surface area contributed by atoms with Crippen molar-refractivity contribution in [1.82, 2.24) is 14.8 Å². The van der Waals surface area contributed by atoms with E-state index in [0.29, 0.717) is 19.0 Å². The Labute approximate surface area is 107 Å². The molecular weight excluding hydrogens is 228 g/mol. The number of hydrogen-bond acceptors (Lipinski definition) is 4. The quantitative estimate of drug-likeness (QED) is 0.814. The summed E-state index contributed by atoms with van der Waals surface area (Å²) >= 11 is 0. The van der Waals surface area contributed by atoms with E-state index in [1.165, 1.54) is 0 Å². The lowest BCUT2D eigenvalue weighted by atomic mass is 10.1. The SMILES string of the molecule is CCOCCc1nn(C)c(N)c1-c1cccnc1. The van der Waals surface area contributed by atoms with E-state index in [1.807, 2.05) is 26.1 Å². The van der Waals surface area contributed by atoms with E-state index >= 15 is 0 Å². The van der Waals surface area contributed by atoms with Crippen LogP contribution in [0, 0.1) is 0 Å². The zero-order valence-electron chi connectivity index (χ0n) is 10.8. The zero-order valence-corrected chi connectivity index (χ0v) is 10.8. The molecule has 0 saturated heterocycles. The van der Waals surface area contributed by atoms with Crippen LogP contribution < -0.4 is 5.73 Å². The van der Waals surface area contributed by atoms with Crippen LogP contribution in [0.15, 0.2) is 24.5 Å². The predicted octanol–water partition coefficient (Wildman–Crippen LogP) is 1.64. The van der Waals surface area contributed by atoms with Crippen LogP contribution in [-0.2, 0) is 18.2 Å². The Morgan fingerprint density at radius 1 is 1.44 bits per heavy atom. The van der Waals surface area contributed by atoms with Gasteiger partial charge in [0.2, 0.25) is 0 Å². The van der Waals surface area contributed by atoms with Gasteiger partial charge in [0.1, 0.15) is 5.82 Å². The van der Waals surface area contributed by atoms with Crippen molar-refractivity contribution in [2.24, 2.45) is 7.05 Å². The molecule has 5 nitrogen and oxygen atoms in total. The van der Waals surface area contributed by atoms with E-state index in [2.05, 4.69) is 10.1 Å². The van der Waals surface area contributed by atoms with Gasteiger partial charge in [0.15, 0.2) is 0 Å². The Kier molecular flexibility index (Phi) is 3.94. The standard InChI is InChI=1S/C13H18N4O/c1-3-18-8-6-11-12(13(14)17(2)16-11)10-5-4-7-15-9-10/h4-5,7,9H,3,6,8,14H2,1-2H3.